The molecule has 1 atom stereocenters. The lowest BCUT2D eigenvalue weighted by Crippen LogP contribution is -2.43. The smallest absolute Gasteiger partial charge is 0.119 e. The lowest BCUT2D eigenvalue weighted by atomic mass is 9.88. The normalized spacial score (nSPS) is 20.2. The lowest BCUT2D eigenvalue weighted by Gasteiger charge is -2.38. The first kappa shape index (κ1) is 17.1. The van der Waals surface area contributed by atoms with E-state index in [1.165, 1.54) is 11.1 Å². The summed E-state index contributed by atoms with van der Waals surface area (Å²) in [7, 11) is 3.39. The molecule has 2 aromatic carbocycles. The highest BCUT2D eigenvalue weighted by Crippen LogP contribution is 2.35. The Morgan fingerprint density at radius 1 is 0.962 bits per heavy atom. The number of rotatable bonds is 4. The van der Waals surface area contributed by atoms with Crippen LogP contribution in [0, 0.1) is 0 Å². The van der Waals surface area contributed by atoms with Crippen molar-refractivity contribution in [3.05, 3.63) is 59.2 Å². The number of hydrogen-bond donors (Lipinski definition) is 0. The van der Waals surface area contributed by atoms with Crippen molar-refractivity contribution in [2.75, 3.05) is 40.5 Å². The van der Waals surface area contributed by atoms with Gasteiger partial charge in [-0.2, -0.15) is 0 Å². The van der Waals surface area contributed by atoms with Gasteiger partial charge in [-0.15, -0.1) is 0 Å². The zero-order chi connectivity index (χ0) is 17.9. The maximum absolute atomic E-state index is 5.57. The molecule has 0 radical (unpaired) electrons. The molecule has 5 nitrogen and oxygen atoms in total. The summed E-state index contributed by atoms with van der Waals surface area (Å²) in [5, 5.41) is 0. The molecule has 0 amide bonds. The molecule has 0 saturated carbocycles. The molecule has 2 aliphatic rings. The maximum Gasteiger partial charge on any atom is 0.119 e. The Labute approximate surface area is 154 Å². The topological polar surface area (TPSA) is 43.3 Å². The number of hydrogen-bond acceptors (Lipinski definition) is 5. The van der Waals surface area contributed by atoms with E-state index in [0.29, 0.717) is 6.54 Å². The molecule has 2 aliphatic heterocycles. The molecule has 0 N–H and O–H groups in total. The molecular weight excluding hydrogens is 328 g/mol. The highest BCUT2D eigenvalue weighted by Gasteiger charge is 2.32. The molecule has 136 valence electrons. The second-order valence-corrected chi connectivity index (χ2v) is 6.55. The zero-order valence-corrected chi connectivity index (χ0v) is 15.3. The molecule has 2 heterocycles. The van der Waals surface area contributed by atoms with Gasteiger partial charge in [0.15, 0.2) is 0 Å². The predicted octanol–water partition coefficient (Wildman–Crippen LogP) is 3.08. The van der Waals surface area contributed by atoms with Crippen LogP contribution in [0.1, 0.15) is 22.7 Å². The third-order valence-corrected chi connectivity index (χ3v) is 5.12. The van der Waals surface area contributed by atoms with Gasteiger partial charge in [-0.25, -0.2) is 0 Å². The highest BCUT2D eigenvalue weighted by atomic mass is 16.5. The average molecular weight is 352 g/mol. The van der Waals surface area contributed by atoms with E-state index in [2.05, 4.69) is 29.2 Å². The summed E-state index contributed by atoms with van der Waals surface area (Å²) in [5.41, 5.74) is 4.81. The van der Waals surface area contributed by atoms with Crippen LogP contribution in [0.25, 0.3) is 0 Å². The summed E-state index contributed by atoms with van der Waals surface area (Å²) in [4.78, 5) is 7.44. The van der Waals surface area contributed by atoms with Gasteiger partial charge in [0, 0.05) is 13.1 Å². The average Bonchev–Trinajstić information content (AvgIpc) is 2.73. The van der Waals surface area contributed by atoms with Gasteiger partial charge >= 0.3 is 0 Å². The van der Waals surface area contributed by atoms with Crippen molar-refractivity contribution >= 4 is 5.71 Å². The van der Waals surface area contributed by atoms with E-state index in [1.54, 1.807) is 14.2 Å². The predicted molar refractivity (Wildman–Crippen MR) is 101 cm³/mol. The molecule has 4 rings (SSSR count). The first-order chi connectivity index (χ1) is 12.8. The second kappa shape index (κ2) is 7.48. The van der Waals surface area contributed by atoms with Crippen molar-refractivity contribution in [2.24, 2.45) is 4.99 Å². The number of ether oxygens (including phenoxy) is 3. The Morgan fingerprint density at radius 2 is 1.65 bits per heavy atom. The van der Waals surface area contributed by atoms with Gasteiger partial charge in [-0.1, -0.05) is 6.07 Å². The van der Waals surface area contributed by atoms with Crippen LogP contribution in [0.5, 0.6) is 11.5 Å². The van der Waals surface area contributed by atoms with Gasteiger partial charge in [0.05, 0.1) is 45.7 Å². The molecule has 0 bridgehead atoms. The SMILES string of the molecule is COc1ccc(C2=NCc3cc(OC)ccc3C2N2CCOCC2)cc1. The largest absolute Gasteiger partial charge is 0.497 e. The summed E-state index contributed by atoms with van der Waals surface area (Å²) in [6.07, 6.45) is 0. The van der Waals surface area contributed by atoms with Crippen molar-refractivity contribution in [1.82, 2.24) is 4.90 Å². The van der Waals surface area contributed by atoms with Crippen molar-refractivity contribution in [1.29, 1.82) is 0 Å². The number of benzene rings is 2. The lowest BCUT2D eigenvalue weighted by molar-refractivity contribution is 0.0283. The molecule has 26 heavy (non-hydrogen) atoms. The number of aliphatic imine (C=N–C) groups is 1. The summed E-state index contributed by atoms with van der Waals surface area (Å²) >= 11 is 0. The van der Waals surface area contributed by atoms with Gasteiger partial charge in [0.2, 0.25) is 0 Å². The van der Waals surface area contributed by atoms with E-state index in [4.69, 9.17) is 19.2 Å². The van der Waals surface area contributed by atoms with Crippen LogP contribution in [-0.2, 0) is 11.3 Å². The summed E-state index contributed by atoms with van der Waals surface area (Å²) in [6.45, 7) is 4.01. The van der Waals surface area contributed by atoms with Crippen LogP contribution >= 0.6 is 0 Å². The number of methoxy groups -OCH3 is 2. The summed E-state index contributed by atoms with van der Waals surface area (Å²) in [5.74, 6) is 1.74. The Balaban J connectivity index is 1.75. The van der Waals surface area contributed by atoms with Gasteiger partial charge in [-0.05, 0) is 53.1 Å². The highest BCUT2D eigenvalue weighted by molar-refractivity contribution is 6.05. The molecule has 1 fully saturated rings. The van der Waals surface area contributed by atoms with Crippen LogP contribution in [-0.4, -0.2) is 51.1 Å². The minimum Gasteiger partial charge on any atom is -0.497 e. The fourth-order valence-electron chi connectivity index (χ4n) is 3.73. The van der Waals surface area contributed by atoms with Gasteiger partial charge in [0.1, 0.15) is 11.5 Å². The molecule has 0 aliphatic carbocycles. The van der Waals surface area contributed by atoms with E-state index in [-0.39, 0.29) is 6.04 Å². The van der Waals surface area contributed by atoms with Gasteiger partial charge < -0.3 is 14.2 Å². The fourth-order valence-corrected chi connectivity index (χ4v) is 3.73. The molecule has 0 aromatic heterocycles. The second-order valence-electron chi connectivity index (χ2n) is 6.55. The molecule has 1 saturated heterocycles. The summed E-state index contributed by atoms with van der Waals surface area (Å²) < 4.78 is 16.3. The van der Waals surface area contributed by atoms with E-state index in [0.717, 1.165) is 49.1 Å². The number of nitrogens with zero attached hydrogens (tertiary/aromatic N) is 2. The van der Waals surface area contributed by atoms with E-state index in [1.807, 2.05) is 18.2 Å². The van der Waals surface area contributed by atoms with E-state index < -0.39 is 0 Å². The third-order valence-electron chi connectivity index (χ3n) is 5.12. The zero-order valence-electron chi connectivity index (χ0n) is 15.3. The number of fused-ring (bicyclic) bond motifs is 1. The fraction of sp³-hybridized carbons (Fsp3) is 0.381. The van der Waals surface area contributed by atoms with Crippen LogP contribution in [0.4, 0.5) is 0 Å². The minimum atomic E-state index is 0.141. The standard InChI is InChI=1S/C21H24N2O3/c1-24-17-5-3-15(4-6-17)20-21(23-9-11-26-12-10-23)19-8-7-18(25-2)13-16(19)14-22-20/h3-8,13,21H,9-12,14H2,1-2H3. The number of morpholine rings is 1. The Morgan fingerprint density at radius 3 is 2.35 bits per heavy atom. The molecule has 2 aromatic rings. The molecule has 0 spiro atoms. The molecule has 5 heteroatoms. The molecule has 1 unspecified atom stereocenters. The third kappa shape index (κ3) is 3.20. The van der Waals surface area contributed by atoms with Crippen molar-refractivity contribution in [3.63, 3.8) is 0 Å². The van der Waals surface area contributed by atoms with Crippen molar-refractivity contribution in [3.8, 4) is 11.5 Å². The van der Waals surface area contributed by atoms with Crippen molar-refractivity contribution < 1.29 is 14.2 Å². The Bertz CT molecular complexity index is 795. The van der Waals surface area contributed by atoms with Crippen molar-refractivity contribution in [2.45, 2.75) is 12.6 Å². The van der Waals surface area contributed by atoms with E-state index >= 15 is 0 Å². The minimum absolute atomic E-state index is 0.141. The maximum atomic E-state index is 5.57. The van der Waals surface area contributed by atoms with E-state index in [9.17, 15) is 0 Å². The Kier molecular flexibility index (Phi) is 4.91. The Hall–Kier alpha value is -2.37. The molecular formula is C21H24N2O3. The first-order valence-electron chi connectivity index (χ1n) is 8.97. The van der Waals surface area contributed by atoms with Crippen LogP contribution in [0.3, 0.4) is 0 Å². The van der Waals surface area contributed by atoms with Crippen LogP contribution in [0.2, 0.25) is 0 Å². The first-order valence-corrected chi connectivity index (χ1v) is 8.97. The van der Waals surface area contributed by atoms with Crippen LogP contribution in [0.15, 0.2) is 47.5 Å². The quantitative estimate of drug-likeness (QED) is 0.848. The van der Waals surface area contributed by atoms with Gasteiger partial charge in [-0.3, -0.25) is 9.89 Å². The monoisotopic (exact) mass is 352 g/mol. The van der Waals surface area contributed by atoms with Gasteiger partial charge in [0.25, 0.3) is 0 Å². The summed E-state index contributed by atoms with van der Waals surface area (Å²) in [6, 6.07) is 14.7. The van der Waals surface area contributed by atoms with Crippen LogP contribution < -0.4 is 9.47 Å².